The Hall–Kier alpha value is -1.30. The molecule has 0 saturated carbocycles. The molecule has 1 aliphatic heterocycles. The number of amides is 1. The van der Waals surface area contributed by atoms with Crippen LogP contribution in [0.3, 0.4) is 0 Å². The third-order valence-electron chi connectivity index (χ3n) is 2.76. The standard InChI is InChI=1S/C14H17BrFNO3/c1-14(2,3)20-13(18)17-6-7-19-12-9(8-17)10(15)4-5-11(12)16/h4-5H,6-8H2,1-3H3. The fourth-order valence-corrected chi connectivity index (χ4v) is 2.33. The van der Waals surface area contributed by atoms with Gasteiger partial charge in [-0.2, -0.15) is 0 Å². The van der Waals surface area contributed by atoms with E-state index >= 15 is 0 Å². The largest absolute Gasteiger partial charge is 0.488 e. The van der Waals surface area contributed by atoms with Crippen molar-refractivity contribution < 1.29 is 18.7 Å². The lowest BCUT2D eigenvalue weighted by Crippen LogP contribution is -2.37. The summed E-state index contributed by atoms with van der Waals surface area (Å²) in [4.78, 5) is 13.6. The van der Waals surface area contributed by atoms with Crippen LogP contribution in [0.1, 0.15) is 26.3 Å². The first-order chi connectivity index (χ1) is 9.28. The van der Waals surface area contributed by atoms with Crippen molar-refractivity contribution in [2.45, 2.75) is 32.9 Å². The Morgan fingerprint density at radius 2 is 2.15 bits per heavy atom. The molecule has 0 N–H and O–H groups in total. The molecule has 1 amide bonds. The van der Waals surface area contributed by atoms with E-state index in [0.29, 0.717) is 16.6 Å². The van der Waals surface area contributed by atoms with Crippen LogP contribution in [0.15, 0.2) is 16.6 Å². The molecule has 2 rings (SSSR count). The van der Waals surface area contributed by atoms with Crippen LogP contribution in [0.25, 0.3) is 0 Å². The van der Waals surface area contributed by atoms with Crippen LogP contribution < -0.4 is 4.74 Å². The number of nitrogens with zero attached hydrogens (tertiary/aromatic N) is 1. The first kappa shape index (κ1) is 15.1. The number of rotatable bonds is 0. The van der Waals surface area contributed by atoms with E-state index in [2.05, 4.69) is 15.9 Å². The summed E-state index contributed by atoms with van der Waals surface area (Å²) in [7, 11) is 0. The van der Waals surface area contributed by atoms with Crippen molar-refractivity contribution in [3.63, 3.8) is 0 Å². The summed E-state index contributed by atoms with van der Waals surface area (Å²) in [6.45, 7) is 6.27. The Morgan fingerprint density at radius 3 is 2.80 bits per heavy atom. The molecule has 0 aromatic heterocycles. The van der Waals surface area contributed by atoms with E-state index in [1.807, 2.05) is 20.8 Å². The van der Waals surface area contributed by atoms with Crippen molar-refractivity contribution in [2.24, 2.45) is 0 Å². The molecular formula is C14H17BrFNO3. The lowest BCUT2D eigenvalue weighted by Gasteiger charge is -2.26. The number of halogens is 2. The van der Waals surface area contributed by atoms with E-state index in [4.69, 9.17) is 9.47 Å². The highest BCUT2D eigenvalue weighted by Crippen LogP contribution is 2.33. The number of ether oxygens (including phenoxy) is 2. The number of benzene rings is 1. The van der Waals surface area contributed by atoms with Crippen LogP contribution in [-0.2, 0) is 11.3 Å². The lowest BCUT2D eigenvalue weighted by atomic mass is 10.2. The summed E-state index contributed by atoms with van der Waals surface area (Å²) in [6, 6.07) is 2.95. The molecule has 6 heteroatoms. The second-order valence-electron chi connectivity index (χ2n) is 5.59. The molecule has 0 atom stereocenters. The number of hydrogen-bond acceptors (Lipinski definition) is 3. The highest BCUT2D eigenvalue weighted by molar-refractivity contribution is 9.10. The molecule has 0 radical (unpaired) electrons. The molecule has 4 nitrogen and oxygen atoms in total. The van der Waals surface area contributed by atoms with Gasteiger partial charge in [-0.05, 0) is 32.9 Å². The van der Waals surface area contributed by atoms with E-state index in [9.17, 15) is 9.18 Å². The molecule has 1 heterocycles. The highest BCUT2D eigenvalue weighted by atomic mass is 79.9. The molecule has 0 unspecified atom stereocenters. The normalized spacial score (nSPS) is 15.2. The van der Waals surface area contributed by atoms with Crippen LogP contribution in [-0.4, -0.2) is 29.7 Å². The summed E-state index contributed by atoms with van der Waals surface area (Å²) < 4.78 is 25.2. The number of carbonyl (C=O) groups excluding carboxylic acids is 1. The van der Waals surface area contributed by atoms with Crippen molar-refractivity contribution in [3.8, 4) is 5.75 Å². The molecule has 0 bridgehead atoms. The number of hydrogen-bond donors (Lipinski definition) is 0. The predicted octanol–water partition coefficient (Wildman–Crippen LogP) is 3.72. The number of fused-ring (bicyclic) bond motifs is 1. The van der Waals surface area contributed by atoms with Gasteiger partial charge in [0.2, 0.25) is 0 Å². The molecule has 1 aliphatic rings. The fourth-order valence-electron chi connectivity index (χ4n) is 1.89. The monoisotopic (exact) mass is 345 g/mol. The van der Waals surface area contributed by atoms with Gasteiger partial charge in [-0.15, -0.1) is 0 Å². The van der Waals surface area contributed by atoms with Crippen molar-refractivity contribution in [1.29, 1.82) is 0 Å². The van der Waals surface area contributed by atoms with Gasteiger partial charge in [0.1, 0.15) is 12.2 Å². The third-order valence-corrected chi connectivity index (χ3v) is 3.51. The van der Waals surface area contributed by atoms with Gasteiger partial charge in [-0.3, -0.25) is 0 Å². The predicted molar refractivity (Wildman–Crippen MR) is 76.2 cm³/mol. The second-order valence-corrected chi connectivity index (χ2v) is 6.44. The Labute approximate surface area is 126 Å². The minimum atomic E-state index is -0.563. The maximum absolute atomic E-state index is 13.8. The lowest BCUT2D eigenvalue weighted by molar-refractivity contribution is 0.0225. The van der Waals surface area contributed by atoms with Crippen molar-refractivity contribution in [1.82, 2.24) is 4.90 Å². The zero-order chi connectivity index (χ0) is 14.9. The van der Waals surface area contributed by atoms with Crippen LogP contribution in [0.5, 0.6) is 5.75 Å². The minimum Gasteiger partial charge on any atom is -0.488 e. The first-order valence-corrected chi connectivity index (χ1v) is 7.15. The molecule has 20 heavy (non-hydrogen) atoms. The second kappa shape index (κ2) is 5.60. The molecule has 1 aromatic rings. The SMILES string of the molecule is CC(C)(C)OC(=O)N1CCOc2c(F)ccc(Br)c2C1. The van der Waals surface area contributed by atoms with E-state index in [1.165, 1.54) is 11.0 Å². The average molecular weight is 346 g/mol. The quantitative estimate of drug-likeness (QED) is 0.719. The summed E-state index contributed by atoms with van der Waals surface area (Å²) in [6.07, 6.45) is -0.426. The molecule has 0 spiro atoms. The summed E-state index contributed by atoms with van der Waals surface area (Å²) in [5, 5.41) is 0. The van der Waals surface area contributed by atoms with Crippen LogP contribution in [0, 0.1) is 5.82 Å². The van der Waals surface area contributed by atoms with Crippen molar-refractivity contribution in [2.75, 3.05) is 13.2 Å². The van der Waals surface area contributed by atoms with Crippen LogP contribution in [0.4, 0.5) is 9.18 Å². The van der Waals surface area contributed by atoms with Gasteiger partial charge in [-0.25, -0.2) is 9.18 Å². The van der Waals surface area contributed by atoms with Crippen molar-refractivity contribution >= 4 is 22.0 Å². The van der Waals surface area contributed by atoms with Crippen LogP contribution in [0.2, 0.25) is 0 Å². The average Bonchev–Trinajstić information content (AvgIpc) is 2.55. The molecular weight excluding hydrogens is 329 g/mol. The zero-order valence-corrected chi connectivity index (χ0v) is 13.3. The Morgan fingerprint density at radius 1 is 1.45 bits per heavy atom. The minimum absolute atomic E-state index is 0.199. The van der Waals surface area contributed by atoms with Gasteiger partial charge in [0.25, 0.3) is 0 Å². The third kappa shape index (κ3) is 3.42. The first-order valence-electron chi connectivity index (χ1n) is 6.35. The summed E-state index contributed by atoms with van der Waals surface area (Å²) in [5.74, 6) is -0.223. The van der Waals surface area contributed by atoms with E-state index in [-0.39, 0.29) is 18.9 Å². The maximum Gasteiger partial charge on any atom is 0.410 e. The van der Waals surface area contributed by atoms with Crippen molar-refractivity contribution in [3.05, 3.63) is 28.0 Å². The topological polar surface area (TPSA) is 38.8 Å². The maximum atomic E-state index is 13.8. The van der Waals surface area contributed by atoms with Gasteiger partial charge in [-0.1, -0.05) is 15.9 Å². The summed E-state index contributed by atoms with van der Waals surface area (Å²) >= 11 is 3.36. The zero-order valence-electron chi connectivity index (χ0n) is 11.7. The molecule has 0 saturated heterocycles. The molecule has 0 fully saturated rings. The van der Waals surface area contributed by atoms with Gasteiger partial charge in [0, 0.05) is 10.0 Å². The van der Waals surface area contributed by atoms with Gasteiger partial charge in [0.15, 0.2) is 11.6 Å². The van der Waals surface area contributed by atoms with Gasteiger partial charge < -0.3 is 14.4 Å². The Balaban J connectivity index is 2.24. The molecule has 1 aromatic carbocycles. The van der Waals surface area contributed by atoms with Gasteiger partial charge in [0.05, 0.1) is 13.1 Å². The fraction of sp³-hybridized carbons (Fsp3) is 0.500. The van der Waals surface area contributed by atoms with E-state index in [1.54, 1.807) is 6.07 Å². The smallest absolute Gasteiger partial charge is 0.410 e. The number of carbonyl (C=O) groups is 1. The van der Waals surface area contributed by atoms with Crippen LogP contribution >= 0.6 is 15.9 Å². The molecule has 0 aliphatic carbocycles. The van der Waals surface area contributed by atoms with E-state index < -0.39 is 17.5 Å². The highest BCUT2D eigenvalue weighted by Gasteiger charge is 2.27. The van der Waals surface area contributed by atoms with Gasteiger partial charge >= 0.3 is 6.09 Å². The van der Waals surface area contributed by atoms with E-state index in [0.717, 1.165) is 0 Å². The summed E-state index contributed by atoms with van der Waals surface area (Å²) in [5.41, 5.74) is 0.0556. The Bertz CT molecular complexity index is 528. The Kier molecular flexibility index (Phi) is 4.22. The molecule has 110 valence electrons.